The van der Waals surface area contributed by atoms with Crippen LogP contribution in [0.4, 0.5) is 0 Å². The standard InChI is InChI=1S/C9H12.2C8H12/c1-8(2)9-6-4-3-5-7-9;2*1-7(2)8-5-3-4-6-8/h3-8H,1-2H3;3,5-7H,4H2,1-2H3;3-5,7H,6H2,1-2H3. The second kappa shape index (κ2) is 11.7. The zero-order valence-electron chi connectivity index (χ0n) is 17.0. The maximum atomic E-state index is 2.28. The zero-order chi connectivity index (χ0) is 18.7. The van der Waals surface area contributed by atoms with Crippen LogP contribution in [0, 0.1) is 11.8 Å². The molecule has 0 saturated heterocycles. The first-order valence-corrected chi connectivity index (χ1v) is 9.69. The third kappa shape index (κ3) is 8.72. The second-order valence-electron chi connectivity index (χ2n) is 7.59. The predicted molar refractivity (Wildman–Crippen MR) is 114 cm³/mol. The summed E-state index contributed by atoms with van der Waals surface area (Å²) in [5.74, 6) is 2.12. The van der Waals surface area contributed by atoms with Crippen LogP contribution >= 0.6 is 0 Å². The number of allylic oxidation sites excluding steroid dienone is 8. The molecule has 25 heavy (non-hydrogen) atoms. The molecule has 0 N–H and O–H groups in total. The lowest BCUT2D eigenvalue weighted by molar-refractivity contribution is 0.753. The maximum Gasteiger partial charge on any atom is -0.0130 e. The Bertz CT molecular complexity index is 592. The van der Waals surface area contributed by atoms with Crippen molar-refractivity contribution in [3.8, 4) is 0 Å². The van der Waals surface area contributed by atoms with E-state index in [1.807, 2.05) is 6.07 Å². The van der Waals surface area contributed by atoms with Crippen molar-refractivity contribution in [1.82, 2.24) is 0 Å². The summed E-state index contributed by atoms with van der Waals surface area (Å²) in [5, 5.41) is 0. The van der Waals surface area contributed by atoms with Gasteiger partial charge >= 0.3 is 0 Å². The SMILES string of the molecule is CC(C)C1=CC=CC1.CC(C)C1=CCC=C1.CC(C)c1ccccc1. The van der Waals surface area contributed by atoms with Crippen molar-refractivity contribution < 1.29 is 0 Å². The van der Waals surface area contributed by atoms with Gasteiger partial charge in [0.25, 0.3) is 0 Å². The number of rotatable bonds is 3. The molecular weight excluding hydrogens is 300 g/mol. The minimum atomic E-state index is 0.659. The van der Waals surface area contributed by atoms with Gasteiger partial charge in [-0.1, -0.05) is 114 Å². The first-order chi connectivity index (χ1) is 11.9. The molecule has 0 unspecified atom stereocenters. The van der Waals surface area contributed by atoms with Crippen LogP contribution in [0.15, 0.2) is 77.9 Å². The number of hydrogen-bond acceptors (Lipinski definition) is 0. The highest BCUT2D eigenvalue weighted by molar-refractivity contribution is 5.27. The van der Waals surface area contributed by atoms with E-state index in [9.17, 15) is 0 Å². The number of benzene rings is 1. The van der Waals surface area contributed by atoms with E-state index in [0.717, 1.165) is 12.3 Å². The minimum absolute atomic E-state index is 0.659. The third-order valence-corrected chi connectivity index (χ3v) is 4.47. The van der Waals surface area contributed by atoms with Gasteiger partial charge in [0.15, 0.2) is 0 Å². The Morgan fingerprint density at radius 2 is 1.44 bits per heavy atom. The summed E-state index contributed by atoms with van der Waals surface area (Å²) in [7, 11) is 0. The topological polar surface area (TPSA) is 0 Å². The van der Waals surface area contributed by atoms with Crippen molar-refractivity contribution in [2.75, 3.05) is 0 Å². The molecule has 0 amide bonds. The van der Waals surface area contributed by atoms with Gasteiger partial charge in [-0.2, -0.15) is 0 Å². The summed E-state index contributed by atoms with van der Waals surface area (Å²) < 4.78 is 0. The minimum Gasteiger partial charge on any atom is -0.0805 e. The Labute approximate surface area is 156 Å². The molecular formula is C25H36. The Kier molecular flexibility index (Phi) is 9.92. The molecule has 0 aliphatic heterocycles. The van der Waals surface area contributed by atoms with E-state index in [2.05, 4.69) is 102 Å². The van der Waals surface area contributed by atoms with E-state index in [1.165, 1.54) is 17.6 Å². The quantitative estimate of drug-likeness (QED) is 0.527. The van der Waals surface area contributed by atoms with Crippen LogP contribution in [0.25, 0.3) is 0 Å². The van der Waals surface area contributed by atoms with Crippen LogP contribution in [-0.2, 0) is 0 Å². The van der Waals surface area contributed by atoms with Crippen LogP contribution in [0.5, 0.6) is 0 Å². The summed E-state index contributed by atoms with van der Waals surface area (Å²) in [5.41, 5.74) is 4.47. The van der Waals surface area contributed by atoms with Crippen molar-refractivity contribution in [1.29, 1.82) is 0 Å². The molecule has 1 aromatic carbocycles. The van der Waals surface area contributed by atoms with Crippen LogP contribution in [0.2, 0.25) is 0 Å². The molecule has 0 aromatic heterocycles. The van der Waals surface area contributed by atoms with Crippen molar-refractivity contribution in [2.24, 2.45) is 11.8 Å². The molecule has 0 heteroatoms. The van der Waals surface area contributed by atoms with Gasteiger partial charge in [-0.15, -0.1) is 0 Å². The lowest BCUT2D eigenvalue weighted by Gasteiger charge is -2.02. The van der Waals surface area contributed by atoms with E-state index in [0.29, 0.717) is 11.8 Å². The first-order valence-electron chi connectivity index (χ1n) is 9.69. The fourth-order valence-electron chi connectivity index (χ4n) is 2.63. The highest BCUT2D eigenvalue weighted by Crippen LogP contribution is 2.18. The molecule has 0 heterocycles. The summed E-state index contributed by atoms with van der Waals surface area (Å²) in [6.07, 6.45) is 15.6. The maximum absolute atomic E-state index is 2.28. The van der Waals surface area contributed by atoms with Crippen LogP contribution in [0.1, 0.15) is 65.9 Å². The summed E-state index contributed by atoms with van der Waals surface area (Å²) >= 11 is 0. The molecule has 3 rings (SSSR count). The molecule has 2 aliphatic carbocycles. The monoisotopic (exact) mass is 336 g/mol. The summed E-state index contributed by atoms with van der Waals surface area (Å²) in [6.45, 7) is 13.3. The fraction of sp³-hybridized carbons (Fsp3) is 0.440. The smallest absolute Gasteiger partial charge is 0.0130 e. The van der Waals surface area contributed by atoms with Crippen LogP contribution in [0.3, 0.4) is 0 Å². The van der Waals surface area contributed by atoms with E-state index in [-0.39, 0.29) is 0 Å². The van der Waals surface area contributed by atoms with Crippen molar-refractivity contribution in [2.45, 2.75) is 60.3 Å². The summed E-state index contributed by atoms with van der Waals surface area (Å²) in [6, 6.07) is 10.5. The average molecular weight is 337 g/mol. The average Bonchev–Trinajstić information content (AvgIpc) is 3.30. The van der Waals surface area contributed by atoms with E-state index in [4.69, 9.17) is 0 Å². The van der Waals surface area contributed by atoms with Gasteiger partial charge in [0.2, 0.25) is 0 Å². The lowest BCUT2D eigenvalue weighted by Crippen LogP contribution is -1.88. The molecule has 1 aromatic rings. The van der Waals surface area contributed by atoms with Gasteiger partial charge < -0.3 is 0 Å². The lowest BCUT2D eigenvalue weighted by atomic mass is 10.0. The Morgan fingerprint density at radius 3 is 1.72 bits per heavy atom. The molecule has 0 radical (unpaired) electrons. The highest BCUT2D eigenvalue weighted by atomic mass is 14.1. The molecule has 0 fully saturated rings. The van der Waals surface area contributed by atoms with Crippen molar-refractivity contribution >= 4 is 0 Å². The van der Waals surface area contributed by atoms with Gasteiger partial charge in [0.1, 0.15) is 0 Å². The summed E-state index contributed by atoms with van der Waals surface area (Å²) in [4.78, 5) is 0. The molecule has 0 bridgehead atoms. The first kappa shape index (κ1) is 21.2. The largest absolute Gasteiger partial charge is 0.0805 e. The van der Waals surface area contributed by atoms with Crippen LogP contribution in [-0.4, -0.2) is 0 Å². The van der Waals surface area contributed by atoms with Crippen molar-refractivity contribution in [3.05, 3.63) is 83.5 Å². The number of hydrogen-bond donors (Lipinski definition) is 0. The van der Waals surface area contributed by atoms with Gasteiger partial charge in [0, 0.05) is 0 Å². The third-order valence-electron chi connectivity index (χ3n) is 4.47. The fourth-order valence-corrected chi connectivity index (χ4v) is 2.63. The van der Waals surface area contributed by atoms with Gasteiger partial charge in [-0.25, -0.2) is 0 Å². The Morgan fingerprint density at radius 1 is 0.760 bits per heavy atom. The van der Waals surface area contributed by atoms with Gasteiger partial charge in [0.05, 0.1) is 0 Å². The molecule has 0 spiro atoms. The zero-order valence-corrected chi connectivity index (χ0v) is 17.0. The second-order valence-corrected chi connectivity index (χ2v) is 7.59. The molecule has 0 atom stereocenters. The predicted octanol–water partition coefficient (Wildman–Crippen LogP) is 7.87. The highest BCUT2D eigenvalue weighted by Gasteiger charge is 2.02. The van der Waals surface area contributed by atoms with E-state index >= 15 is 0 Å². The molecule has 0 saturated carbocycles. The normalized spacial score (nSPS) is 14.9. The van der Waals surface area contributed by atoms with E-state index < -0.39 is 0 Å². The molecule has 2 aliphatic rings. The molecule has 0 nitrogen and oxygen atoms in total. The molecule has 136 valence electrons. The Balaban J connectivity index is 0.000000188. The van der Waals surface area contributed by atoms with Crippen LogP contribution < -0.4 is 0 Å². The van der Waals surface area contributed by atoms with E-state index in [1.54, 1.807) is 5.57 Å². The van der Waals surface area contributed by atoms with Gasteiger partial charge in [-0.05, 0) is 41.7 Å². The Hall–Kier alpha value is -1.82. The van der Waals surface area contributed by atoms with Crippen molar-refractivity contribution in [3.63, 3.8) is 0 Å². The van der Waals surface area contributed by atoms with Gasteiger partial charge in [-0.3, -0.25) is 0 Å².